The SMILES string of the molecule is CSCCC(NC(=O)c1cc(S(=O)(=O)NC(C)C)ccc1Cl)c1nnc2ccccn12. The molecule has 1 unspecified atom stereocenters. The fourth-order valence-corrected chi connectivity index (χ4v) is 5.01. The van der Waals surface area contributed by atoms with Crippen molar-refractivity contribution in [3.05, 3.63) is 59.0 Å². The molecule has 3 rings (SSSR count). The van der Waals surface area contributed by atoms with E-state index in [0.717, 1.165) is 5.75 Å². The number of carbonyl (C=O) groups excluding carboxylic acids is 1. The Hall–Kier alpha value is -2.14. The van der Waals surface area contributed by atoms with Crippen molar-refractivity contribution in [2.45, 2.75) is 37.2 Å². The summed E-state index contributed by atoms with van der Waals surface area (Å²) in [4.78, 5) is 13.1. The van der Waals surface area contributed by atoms with Crippen LogP contribution >= 0.6 is 23.4 Å². The van der Waals surface area contributed by atoms with Crippen LogP contribution in [0.1, 0.15) is 42.5 Å². The average molecular weight is 482 g/mol. The Labute approximate surface area is 190 Å². The number of nitrogens with zero attached hydrogens (tertiary/aromatic N) is 3. The third kappa shape index (κ3) is 5.57. The lowest BCUT2D eigenvalue weighted by molar-refractivity contribution is 0.0933. The second-order valence-electron chi connectivity index (χ2n) is 7.21. The van der Waals surface area contributed by atoms with Gasteiger partial charge in [-0.2, -0.15) is 11.8 Å². The first-order valence-electron chi connectivity index (χ1n) is 9.64. The van der Waals surface area contributed by atoms with Gasteiger partial charge in [-0.1, -0.05) is 17.7 Å². The van der Waals surface area contributed by atoms with Crippen LogP contribution in [0, 0.1) is 0 Å². The van der Waals surface area contributed by atoms with Crippen LogP contribution in [0.15, 0.2) is 47.5 Å². The van der Waals surface area contributed by atoms with Crippen LogP contribution in [0.4, 0.5) is 0 Å². The first-order chi connectivity index (χ1) is 14.7. The number of hydrogen-bond donors (Lipinski definition) is 2. The number of aromatic nitrogens is 3. The molecule has 2 heterocycles. The van der Waals surface area contributed by atoms with E-state index < -0.39 is 22.0 Å². The van der Waals surface area contributed by atoms with E-state index in [9.17, 15) is 13.2 Å². The van der Waals surface area contributed by atoms with E-state index in [0.29, 0.717) is 17.9 Å². The van der Waals surface area contributed by atoms with Gasteiger partial charge in [0.25, 0.3) is 5.91 Å². The molecule has 31 heavy (non-hydrogen) atoms. The van der Waals surface area contributed by atoms with E-state index in [-0.39, 0.29) is 21.5 Å². The first kappa shape index (κ1) is 23.5. The highest BCUT2D eigenvalue weighted by molar-refractivity contribution is 7.98. The van der Waals surface area contributed by atoms with Crippen LogP contribution < -0.4 is 10.0 Å². The van der Waals surface area contributed by atoms with Crippen molar-refractivity contribution in [1.29, 1.82) is 0 Å². The molecule has 3 aromatic rings. The summed E-state index contributed by atoms with van der Waals surface area (Å²) in [7, 11) is -3.77. The van der Waals surface area contributed by atoms with Crippen LogP contribution in [-0.4, -0.2) is 47.0 Å². The Bertz CT molecular complexity index is 1180. The lowest BCUT2D eigenvalue weighted by Gasteiger charge is -2.18. The summed E-state index contributed by atoms with van der Waals surface area (Å²) in [6.07, 6.45) is 4.43. The molecular weight excluding hydrogens is 458 g/mol. The van der Waals surface area contributed by atoms with Crippen LogP contribution in [0.25, 0.3) is 5.65 Å². The quantitative estimate of drug-likeness (QED) is 0.485. The normalized spacial score (nSPS) is 12.9. The predicted molar refractivity (Wildman–Crippen MR) is 123 cm³/mol. The topological polar surface area (TPSA) is 105 Å². The molecule has 0 aliphatic rings. The maximum Gasteiger partial charge on any atom is 0.253 e. The number of rotatable bonds is 9. The van der Waals surface area contributed by atoms with Crippen molar-refractivity contribution in [3.8, 4) is 0 Å². The van der Waals surface area contributed by atoms with Gasteiger partial charge < -0.3 is 5.32 Å². The minimum atomic E-state index is -3.77. The number of halogens is 1. The standard InChI is InChI=1S/C20H24ClN5O3S2/c1-13(2)25-31(28,29)14-7-8-16(21)15(12-14)20(27)22-17(9-11-30-3)19-24-23-18-6-4-5-10-26(18)19/h4-8,10,12-13,17,25H,9,11H2,1-3H3,(H,22,27). The van der Waals surface area contributed by atoms with Gasteiger partial charge in [0, 0.05) is 12.2 Å². The molecule has 1 atom stereocenters. The third-order valence-electron chi connectivity index (χ3n) is 4.45. The predicted octanol–water partition coefficient (Wildman–Crippen LogP) is 3.29. The van der Waals surface area contributed by atoms with Gasteiger partial charge >= 0.3 is 0 Å². The van der Waals surface area contributed by atoms with Crippen molar-refractivity contribution in [1.82, 2.24) is 24.6 Å². The Morgan fingerprint density at radius 3 is 2.71 bits per heavy atom. The number of benzene rings is 1. The van der Waals surface area contributed by atoms with Crippen LogP contribution in [-0.2, 0) is 10.0 Å². The summed E-state index contributed by atoms with van der Waals surface area (Å²) in [6.45, 7) is 3.45. The fourth-order valence-electron chi connectivity index (χ4n) is 3.06. The molecule has 8 nitrogen and oxygen atoms in total. The number of sulfonamides is 1. The number of carbonyl (C=O) groups is 1. The van der Waals surface area contributed by atoms with Crippen LogP contribution in [0.2, 0.25) is 5.02 Å². The molecule has 1 aromatic carbocycles. The van der Waals surface area contributed by atoms with E-state index in [1.165, 1.54) is 18.2 Å². The molecule has 0 saturated carbocycles. The molecule has 0 aliphatic carbocycles. The van der Waals surface area contributed by atoms with Crippen molar-refractivity contribution in [3.63, 3.8) is 0 Å². The summed E-state index contributed by atoms with van der Waals surface area (Å²) in [5.74, 6) is 0.900. The fraction of sp³-hybridized carbons (Fsp3) is 0.350. The van der Waals surface area contributed by atoms with Crippen molar-refractivity contribution in [2.75, 3.05) is 12.0 Å². The van der Waals surface area contributed by atoms with Crippen LogP contribution in [0.3, 0.4) is 0 Å². The zero-order chi connectivity index (χ0) is 22.6. The summed E-state index contributed by atoms with van der Waals surface area (Å²) >= 11 is 7.89. The number of amides is 1. The van der Waals surface area contributed by atoms with E-state index in [1.54, 1.807) is 25.6 Å². The first-order valence-corrected chi connectivity index (χ1v) is 12.9. The highest BCUT2D eigenvalue weighted by atomic mass is 35.5. The molecule has 2 N–H and O–H groups in total. The number of pyridine rings is 1. The molecule has 166 valence electrons. The Kier molecular flexibility index (Phi) is 7.58. The molecule has 0 spiro atoms. The Morgan fingerprint density at radius 2 is 2.00 bits per heavy atom. The minimum Gasteiger partial charge on any atom is -0.342 e. The monoisotopic (exact) mass is 481 g/mol. The van der Waals surface area contributed by atoms with E-state index in [1.807, 2.05) is 35.1 Å². The van der Waals surface area contributed by atoms with Gasteiger partial charge in [0.05, 0.1) is 21.5 Å². The van der Waals surface area contributed by atoms with Gasteiger partial charge in [-0.15, -0.1) is 10.2 Å². The summed E-state index contributed by atoms with van der Waals surface area (Å²) < 4.78 is 29.4. The van der Waals surface area contributed by atoms with E-state index >= 15 is 0 Å². The van der Waals surface area contributed by atoms with Gasteiger partial charge in [-0.3, -0.25) is 9.20 Å². The number of hydrogen-bond acceptors (Lipinski definition) is 6. The van der Waals surface area contributed by atoms with Gasteiger partial charge in [-0.25, -0.2) is 13.1 Å². The molecular formula is C20H24ClN5O3S2. The van der Waals surface area contributed by atoms with Crippen LogP contribution in [0.5, 0.6) is 0 Å². The van der Waals surface area contributed by atoms with E-state index in [4.69, 9.17) is 11.6 Å². The molecule has 0 fully saturated rings. The van der Waals surface area contributed by atoms with Gasteiger partial charge in [0.1, 0.15) is 0 Å². The number of nitrogens with one attached hydrogen (secondary N) is 2. The smallest absolute Gasteiger partial charge is 0.253 e. The van der Waals surface area contributed by atoms with Gasteiger partial charge in [0.2, 0.25) is 10.0 Å². The molecule has 1 amide bonds. The summed E-state index contributed by atoms with van der Waals surface area (Å²) in [6, 6.07) is 8.92. The van der Waals surface area contributed by atoms with Gasteiger partial charge in [0.15, 0.2) is 11.5 Å². The molecule has 0 saturated heterocycles. The van der Waals surface area contributed by atoms with Crippen molar-refractivity contribution < 1.29 is 13.2 Å². The molecule has 0 aliphatic heterocycles. The number of thioether (sulfide) groups is 1. The molecule has 11 heteroatoms. The highest BCUT2D eigenvalue weighted by Crippen LogP contribution is 2.24. The largest absolute Gasteiger partial charge is 0.342 e. The Balaban J connectivity index is 1.92. The average Bonchev–Trinajstić information content (AvgIpc) is 3.14. The second kappa shape index (κ2) is 9.99. The summed E-state index contributed by atoms with van der Waals surface area (Å²) in [5.41, 5.74) is 0.753. The maximum absolute atomic E-state index is 13.1. The minimum absolute atomic E-state index is 0.0238. The zero-order valence-corrected chi connectivity index (χ0v) is 19.8. The van der Waals surface area contributed by atoms with Crippen molar-refractivity contribution >= 4 is 44.9 Å². The van der Waals surface area contributed by atoms with Crippen molar-refractivity contribution in [2.24, 2.45) is 0 Å². The zero-order valence-electron chi connectivity index (χ0n) is 17.4. The number of fused-ring (bicyclic) bond motifs is 1. The summed E-state index contributed by atoms with van der Waals surface area (Å²) in [5, 5.41) is 11.5. The lowest BCUT2D eigenvalue weighted by atomic mass is 10.1. The second-order valence-corrected chi connectivity index (χ2v) is 10.3. The van der Waals surface area contributed by atoms with Gasteiger partial charge in [-0.05, 0) is 62.6 Å². The third-order valence-corrected chi connectivity index (χ3v) is 7.08. The maximum atomic E-state index is 13.1. The Morgan fingerprint density at radius 1 is 1.23 bits per heavy atom. The van der Waals surface area contributed by atoms with E-state index in [2.05, 4.69) is 20.2 Å². The lowest BCUT2D eigenvalue weighted by Crippen LogP contribution is -2.32. The molecule has 0 bridgehead atoms. The highest BCUT2D eigenvalue weighted by Gasteiger charge is 2.24. The molecule has 2 aromatic heterocycles. The molecule has 0 radical (unpaired) electrons.